The fraction of sp³-hybridized carbons (Fsp3) is 0.650. The molecule has 7 heteroatoms. The molecule has 0 radical (unpaired) electrons. The Labute approximate surface area is 166 Å². The summed E-state index contributed by atoms with van der Waals surface area (Å²) in [4.78, 5) is 13.6. The summed E-state index contributed by atoms with van der Waals surface area (Å²) < 4.78 is 27.8. The van der Waals surface area contributed by atoms with Crippen molar-refractivity contribution in [2.24, 2.45) is 17.8 Å². The molecule has 6 unspecified atom stereocenters. The second-order valence-corrected chi connectivity index (χ2v) is 10.8. The van der Waals surface area contributed by atoms with Gasteiger partial charge >= 0.3 is 0 Å². The monoisotopic (exact) mass is 410 g/mol. The van der Waals surface area contributed by atoms with E-state index in [9.17, 15) is 13.2 Å². The minimum absolute atomic E-state index is 0.0441. The van der Waals surface area contributed by atoms with E-state index in [0.29, 0.717) is 17.9 Å². The van der Waals surface area contributed by atoms with Crippen molar-refractivity contribution >= 4 is 27.4 Å². The lowest BCUT2D eigenvalue weighted by atomic mass is 9.67. The molecule has 1 aliphatic carbocycles. The van der Waals surface area contributed by atoms with Gasteiger partial charge in [-0.3, -0.25) is 4.79 Å². The smallest absolute Gasteiger partial charge is 0.243 e. The number of sulfonamides is 1. The number of hydrogen-bond acceptors (Lipinski definition) is 4. The maximum absolute atomic E-state index is 13.2. The topological polar surface area (TPSA) is 66.5 Å². The normalized spacial score (nSPS) is 37.5. The molecule has 2 saturated heterocycles. The van der Waals surface area contributed by atoms with Gasteiger partial charge in [-0.1, -0.05) is 25.1 Å². The third kappa shape index (κ3) is 3.24. The van der Waals surface area contributed by atoms with Crippen LogP contribution in [0.4, 0.5) is 0 Å². The van der Waals surface area contributed by atoms with Crippen LogP contribution in [-0.4, -0.2) is 49.1 Å². The summed E-state index contributed by atoms with van der Waals surface area (Å²) >= 11 is 6.44. The van der Waals surface area contributed by atoms with Crippen molar-refractivity contribution in [3.8, 4) is 0 Å². The predicted molar refractivity (Wildman–Crippen MR) is 105 cm³/mol. The van der Waals surface area contributed by atoms with Crippen LogP contribution in [0, 0.1) is 24.7 Å². The Balaban J connectivity index is 1.57. The van der Waals surface area contributed by atoms with Crippen LogP contribution in [0.15, 0.2) is 29.2 Å². The largest absolute Gasteiger partial charge is 0.309 e. The maximum atomic E-state index is 13.2. The van der Waals surface area contributed by atoms with Crippen molar-refractivity contribution in [1.29, 1.82) is 0 Å². The Bertz CT molecular complexity index is 843. The van der Waals surface area contributed by atoms with E-state index < -0.39 is 10.0 Å². The number of rotatable bonds is 2. The van der Waals surface area contributed by atoms with Gasteiger partial charge < -0.3 is 5.32 Å². The molecule has 2 heterocycles. The molecular weight excluding hydrogens is 384 g/mol. The molecule has 4 rings (SSSR count). The summed E-state index contributed by atoms with van der Waals surface area (Å²) in [6.07, 6.45) is 2.30. The highest BCUT2D eigenvalue weighted by atomic mass is 35.5. The minimum atomic E-state index is -3.58. The van der Waals surface area contributed by atoms with Gasteiger partial charge in [0.1, 0.15) is 5.78 Å². The van der Waals surface area contributed by atoms with Gasteiger partial charge in [0, 0.05) is 42.4 Å². The predicted octanol–water partition coefficient (Wildman–Crippen LogP) is 2.57. The number of halogens is 1. The average Bonchev–Trinajstić information content (AvgIpc) is 2.65. The first-order valence-corrected chi connectivity index (χ1v) is 11.7. The molecule has 1 saturated carbocycles. The van der Waals surface area contributed by atoms with Crippen LogP contribution in [0.25, 0.3) is 0 Å². The molecule has 1 aromatic rings. The van der Waals surface area contributed by atoms with Crippen LogP contribution < -0.4 is 5.32 Å². The van der Waals surface area contributed by atoms with Gasteiger partial charge in [-0.05, 0) is 43.7 Å². The lowest BCUT2D eigenvalue weighted by molar-refractivity contribution is -0.135. The highest BCUT2D eigenvalue weighted by molar-refractivity contribution is 7.89. The van der Waals surface area contributed by atoms with E-state index in [2.05, 4.69) is 12.2 Å². The Morgan fingerprint density at radius 2 is 1.89 bits per heavy atom. The molecular formula is C20H27ClN2O3S. The Hall–Kier alpha value is -0.950. The van der Waals surface area contributed by atoms with E-state index in [4.69, 9.17) is 11.6 Å². The first-order valence-electron chi connectivity index (χ1n) is 9.80. The van der Waals surface area contributed by atoms with Crippen molar-refractivity contribution in [2.45, 2.75) is 55.5 Å². The number of nitrogens with one attached hydrogen (secondary N) is 1. The number of carbonyl (C=O) groups excluding carboxylic acids is 1. The second-order valence-electron chi connectivity index (χ2n) is 8.28. The minimum Gasteiger partial charge on any atom is -0.309 e. The number of piperidine rings is 2. The third-order valence-electron chi connectivity index (χ3n) is 6.75. The van der Waals surface area contributed by atoms with Crippen molar-refractivity contribution < 1.29 is 13.2 Å². The molecule has 2 aliphatic heterocycles. The number of Topliss-reactive ketones (excluding diaryl/α,β-unsaturated/α-hetero) is 1. The van der Waals surface area contributed by atoms with Gasteiger partial charge in [0.2, 0.25) is 10.0 Å². The van der Waals surface area contributed by atoms with Crippen LogP contribution >= 0.6 is 11.6 Å². The van der Waals surface area contributed by atoms with Crippen LogP contribution in [0.3, 0.4) is 0 Å². The number of hydrogen-bond donors (Lipinski definition) is 1. The third-order valence-corrected chi connectivity index (χ3v) is 9.39. The Morgan fingerprint density at radius 3 is 2.63 bits per heavy atom. The summed E-state index contributed by atoms with van der Waals surface area (Å²) in [5.41, 5.74) is 0.738. The van der Waals surface area contributed by atoms with E-state index >= 15 is 0 Å². The summed E-state index contributed by atoms with van der Waals surface area (Å²) in [7, 11) is -3.58. The molecule has 3 aliphatic rings. The maximum Gasteiger partial charge on any atom is 0.243 e. The van der Waals surface area contributed by atoms with Gasteiger partial charge in [0.15, 0.2) is 0 Å². The van der Waals surface area contributed by atoms with Gasteiger partial charge in [0.25, 0.3) is 0 Å². The number of ketones is 1. The SMILES string of the molecule is Cc1ccccc1S(=O)(=O)N1CCC2NC3C(CCC(Cl)C3C)C(=O)C2C1. The van der Waals surface area contributed by atoms with Crippen molar-refractivity contribution in [3.63, 3.8) is 0 Å². The van der Waals surface area contributed by atoms with E-state index in [1.165, 1.54) is 4.31 Å². The molecule has 0 bridgehead atoms. The standard InChI is InChI=1S/C20H27ClN2O3S/c1-12-5-3-4-6-18(12)27(25,26)23-10-9-17-15(11-23)20(24)14-7-8-16(21)13(2)19(14)22-17/h3-6,13-17,19,22H,7-11H2,1-2H3. The number of fused-ring (bicyclic) bond motifs is 2. The van der Waals surface area contributed by atoms with E-state index in [-0.39, 0.29) is 47.5 Å². The lowest BCUT2D eigenvalue weighted by Gasteiger charge is -2.50. The van der Waals surface area contributed by atoms with Gasteiger partial charge in [-0.15, -0.1) is 11.6 Å². The first-order chi connectivity index (χ1) is 12.8. The highest BCUT2D eigenvalue weighted by Crippen LogP contribution is 2.40. The number of alkyl halides is 1. The molecule has 0 aromatic heterocycles. The molecule has 5 nitrogen and oxygen atoms in total. The molecule has 3 fully saturated rings. The molecule has 0 amide bonds. The van der Waals surface area contributed by atoms with Crippen molar-refractivity contribution in [1.82, 2.24) is 9.62 Å². The van der Waals surface area contributed by atoms with E-state index in [1.807, 2.05) is 19.1 Å². The fourth-order valence-corrected chi connectivity index (χ4v) is 7.08. The van der Waals surface area contributed by atoms with Gasteiger partial charge in [-0.25, -0.2) is 8.42 Å². The summed E-state index contributed by atoms with van der Waals surface area (Å²) in [5.74, 6) is 0.170. The second kappa shape index (κ2) is 7.14. The molecule has 1 aromatic carbocycles. The van der Waals surface area contributed by atoms with Gasteiger partial charge in [-0.2, -0.15) is 4.31 Å². The van der Waals surface area contributed by atoms with Crippen LogP contribution in [0.2, 0.25) is 0 Å². The number of nitrogens with zero attached hydrogens (tertiary/aromatic N) is 1. The summed E-state index contributed by atoms with van der Waals surface area (Å²) in [6, 6.07) is 7.21. The molecule has 148 valence electrons. The summed E-state index contributed by atoms with van der Waals surface area (Å²) in [6.45, 7) is 4.64. The van der Waals surface area contributed by atoms with Gasteiger partial charge in [0.05, 0.1) is 4.90 Å². The van der Waals surface area contributed by atoms with E-state index in [0.717, 1.165) is 18.4 Å². The zero-order chi connectivity index (χ0) is 19.3. The molecule has 6 atom stereocenters. The van der Waals surface area contributed by atoms with E-state index in [1.54, 1.807) is 12.1 Å². The van der Waals surface area contributed by atoms with Crippen LogP contribution in [-0.2, 0) is 14.8 Å². The molecule has 0 spiro atoms. The fourth-order valence-electron chi connectivity index (χ4n) is 5.10. The number of carbonyl (C=O) groups is 1. The molecule has 1 N–H and O–H groups in total. The lowest BCUT2D eigenvalue weighted by Crippen LogP contribution is -2.66. The first kappa shape index (κ1) is 19.4. The van der Waals surface area contributed by atoms with Crippen LogP contribution in [0.1, 0.15) is 31.7 Å². The zero-order valence-electron chi connectivity index (χ0n) is 15.8. The Morgan fingerprint density at radius 1 is 1.15 bits per heavy atom. The van der Waals surface area contributed by atoms with Crippen LogP contribution in [0.5, 0.6) is 0 Å². The zero-order valence-corrected chi connectivity index (χ0v) is 17.3. The summed E-state index contributed by atoms with van der Waals surface area (Å²) in [5, 5.41) is 3.77. The molecule has 27 heavy (non-hydrogen) atoms. The average molecular weight is 411 g/mol. The van der Waals surface area contributed by atoms with Crippen molar-refractivity contribution in [3.05, 3.63) is 29.8 Å². The van der Waals surface area contributed by atoms with Crippen molar-refractivity contribution in [2.75, 3.05) is 13.1 Å². The Kier molecular flexibility index (Phi) is 5.12. The number of aryl methyl sites for hydroxylation is 1. The number of benzene rings is 1. The highest BCUT2D eigenvalue weighted by Gasteiger charge is 2.51. The quantitative estimate of drug-likeness (QED) is 0.761.